The van der Waals surface area contributed by atoms with Gasteiger partial charge in [-0.05, 0) is 43.4 Å². The standard InChI is InChI=1S/C16H26N2O2S/c1-3-10-21(19,20)11-9-18-8-4-5-15-12-14(13(2)17)6-7-16(15)18/h6-7,12-13H,3-5,8-11,17H2,1-2H3. The van der Waals surface area contributed by atoms with Crippen LogP contribution in [0, 0.1) is 0 Å². The van der Waals surface area contributed by atoms with Crippen molar-refractivity contribution >= 4 is 15.5 Å². The lowest BCUT2D eigenvalue weighted by atomic mass is 9.97. The Kier molecular flexibility index (Phi) is 5.27. The van der Waals surface area contributed by atoms with Crippen molar-refractivity contribution in [2.24, 2.45) is 5.73 Å². The van der Waals surface area contributed by atoms with Crippen molar-refractivity contribution in [2.75, 3.05) is 29.5 Å². The highest BCUT2D eigenvalue weighted by Crippen LogP contribution is 2.29. The molecule has 0 fully saturated rings. The molecule has 4 nitrogen and oxygen atoms in total. The topological polar surface area (TPSA) is 63.4 Å². The maximum absolute atomic E-state index is 11.9. The normalized spacial score (nSPS) is 16.6. The van der Waals surface area contributed by atoms with Crippen LogP contribution in [0.5, 0.6) is 0 Å². The summed E-state index contributed by atoms with van der Waals surface area (Å²) in [5.41, 5.74) is 9.56. The lowest BCUT2D eigenvalue weighted by Gasteiger charge is -2.32. The molecule has 21 heavy (non-hydrogen) atoms. The second kappa shape index (κ2) is 6.79. The first-order chi connectivity index (χ1) is 9.93. The second-order valence-corrected chi connectivity index (χ2v) is 8.22. The second-order valence-electron chi connectivity index (χ2n) is 5.92. The quantitative estimate of drug-likeness (QED) is 0.875. The Hall–Kier alpha value is -1.07. The van der Waals surface area contributed by atoms with E-state index in [1.54, 1.807) is 0 Å². The highest BCUT2D eigenvalue weighted by molar-refractivity contribution is 7.91. The largest absolute Gasteiger partial charge is 0.370 e. The molecule has 1 unspecified atom stereocenters. The van der Waals surface area contributed by atoms with Crippen molar-refractivity contribution in [1.29, 1.82) is 0 Å². The molecule has 5 heteroatoms. The van der Waals surface area contributed by atoms with E-state index < -0.39 is 9.84 Å². The van der Waals surface area contributed by atoms with Crippen LogP contribution in [0.1, 0.15) is 43.9 Å². The summed E-state index contributed by atoms with van der Waals surface area (Å²) in [7, 11) is -2.92. The third-order valence-electron chi connectivity index (χ3n) is 4.03. The zero-order valence-corrected chi connectivity index (χ0v) is 13.8. The summed E-state index contributed by atoms with van der Waals surface area (Å²) in [5.74, 6) is 0.534. The van der Waals surface area contributed by atoms with Crippen molar-refractivity contribution < 1.29 is 8.42 Å². The molecule has 0 aliphatic carbocycles. The van der Waals surface area contributed by atoms with Gasteiger partial charge in [0.1, 0.15) is 0 Å². The van der Waals surface area contributed by atoms with Gasteiger partial charge in [0.05, 0.1) is 5.75 Å². The summed E-state index contributed by atoms with van der Waals surface area (Å²) in [5, 5.41) is 0. The molecule has 1 aliphatic heterocycles. The van der Waals surface area contributed by atoms with Crippen molar-refractivity contribution in [2.45, 2.75) is 39.2 Å². The maximum atomic E-state index is 11.9. The Morgan fingerprint density at radius 2 is 2.10 bits per heavy atom. The number of aryl methyl sites for hydroxylation is 1. The number of fused-ring (bicyclic) bond motifs is 1. The zero-order chi connectivity index (χ0) is 15.5. The van der Waals surface area contributed by atoms with Gasteiger partial charge in [0.15, 0.2) is 9.84 Å². The maximum Gasteiger partial charge on any atom is 0.152 e. The molecule has 1 aliphatic rings. The summed E-state index contributed by atoms with van der Waals surface area (Å²) in [6.07, 6.45) is 2.81. The molecule has 0 radical (unpaired) electrons. The summed E-state index contributed by atoms with van der Waals surface area (Å²) in [4.78, 5) is 2.21. The minimum Gasteiger partial charge on any atom is -0.370 e. The first kappa shape index (κ1) is 16.3. The first-order valence-corrected chi connectivity index (χ1v) is 9.59. The van der Waals surface area contributed by atoms with Crippen LogP contribution in [0.15, 0.2) is 18.2 Å². The minimum absolute atomic E-state index is 0.0376. The Morgan fingerprint density at radius 3 is 2.76 bits per heavy atom. The van der Waals surface area contributed by atoms with Gasteiger partial charge in [-0.25, -0.2) is 8.42 Å². The number of benzene rings is 1. The molecule has 0 aromatic heterocycles. The first-order valence-electron chi connectivity index (χ1n) is 7.76. The van der Waals surface area contributed by atoms with E-state index in [1.807, 2.05) is 13.8 Å². The smallest absolute Gasteiger partial charge is 0.152 e. The highest BCUT2D eigenvalue weighted by atomic mass is 32.2. The van der Waals surface area contributed by atoms with Crippen LogP contribution in [0.2, 0.25) is 0 Å². The van der Waals surface area contributed by atoms with Gasteiger partial charge in [-0.1, -0.05) is 19.1 Å². The van der Waals surface area contributed by atoms with Crippen molar-refractivity contribution in [3.63, 3.8) is 0 Å². The van der Waals surface area contributed by atoms with Gasteiger partial charge >= 0.3 is 0 Å². The average Bonchev–Trinajstić information content (AvgIpc) is 2.44. The summed E-state index contributed by atoms with van der Waals surface area (Å²) >= 11 is 0. The monoisotopic (exact) mass is 310 g/mol. The third-order valence-corrected chi connectivity index (χ3v) is 5.87. The SMILES string of the molecule is CCCS(=O)(=O)CCN1CCCc2cc(C(C)N)ccc21. The summed E-state index contributed by atoms with van der Waals surface area (Å²) < 4.78 is 23.8. The van der Waals surface area contributed by atoms with E-state index in [2.05, 4.69) is 23.1 Å². The van der Waals surface area contributed by atoms with E-state index >= 15 is 0 Å². The minimum atomic E-state index is -2.92. The molecular formula is C16H26N2O2S. The molecule has 0 spiro atoms. The molecule has 1 atom stereocenters. The van der Waals surface area contributed by atoms with Crippen molar-refractivity contribution in [3.05, 3.63) is 29.3 Å². The van der Waals surface area contributed by atoms with Crippen LogP contribution in [0.25, 0.3) is 0 Å². The fourth-order valence-electron chi connectivity index (χ4n) is 2.87. The molecule has 2 rings (SSSR count). The van der Waals surface area contributed by atoms with Gasteiger partial charge in [0.2, 0.25) is 0 Å². The van der Waals surface area contributed by atoms with Crippen molar-refractivity contribution in [3.8, 4) is 0 Å². The van der Waals surface area contributed by atoms with Gasteiger partial charge in [-0.15, -0.1) is 0 Å². The van der Waals surface area contributed by atoms with Gasteiger partial charge in [0.25, 0.3) is 0 Å². The molecule has 0 amide bonds. The molecule has 0 bridgehead atoms. The molecular weight excluding hydrogens is 284 g/mol. The number of rotatable bonds is 6. The molecule has 1 heterocycles. The van der Waals surface area contributed by atoms with Gasteiger partial charge in [-0.3, -0.25) is 0 Å². The number of nitrogens with zero attached hydrogens (tertiary/aromatic N) is 1. The van der Waals surface area contributed by atoms with Gasteiger partial charge < -0.3 is 10.6 Å². The van der Waals surface area contributed by atoms with E-state index in [4.69, 9.17) is 5.73 Å². The Balaban J connectivity index is 2.12. The van der Waals surface area contributed by atoms with E-state index in [1.165, 1.54) is 11.3 Å². The highest BCUT2D eigenvalue weighted by Gasteiger charge is 2.19. The fraction of sp³-hybridized carbons (Fsp3) is 0.625. The van der Waals surface area contributed by atoms with Crippen LogP contribution >= 0.6 is 0 Å². The molecule has 1 aromatic rings. The lowest BCUT2D eigenvalue weighted by Crippen LogP contribution is -2.34. The molecule has 0 saturated carbocycles. The number of sulfone groups is 1. The molecule has 1 aromatic carbocycles. The van der Waals surface area contributed by atoms with E-state index in [0.29, 0.717) is 13.0 Å². The van der Waals surface area contributed by atoms with Crippen LogP contribution in [-0.4, -0.2) is 33.0 Å². The van der Waals surface area contributed by atoms with E-state index in [0.717, 1.165) is 24.9 Å². The zero-order valence-electron chi connectivity index (χ0n) is 13.0. The van der Waals surface area contributed by atoms with E-state index in [9.17, 15) is 8.42 Å². The Bertz CT molecular complexity index is 582. The van der Waals surface area contributed by atoms with Crippen LogP contribution < -0.4 is 10.6 Å². The number of anilines is 1. The third kappa shape index (κ3) is 4.20. The number of hydrogen-bond acceptors (Lipinski definition) is 4. The molecule has 118 valence electrons. The van der Waals surface area contributed by atoms with Crippen LogP contribution in [0.4, 0.5) is 5.69 Å². The summed E-state index contributed by atoms with van der Waals surface area (Å²) in [6, 6.07) is 6.37. The van der Waals surface area contributed by atoms with Gasteiger partial charge in [0, 0.05) is 30.6 Å². The average molecular weight is 310 g/mol. The Morgan fingerprint density at radius 1 is 1.33 bits per heavy atom. The fourth-order valence-corrected chi connectivity index (χ4v) is 4.20. The number of nitrogens with two attached hydrogens (primary N) is 1. The number of hydrogen-bond donors (Lipinski definition) is 1. The summed E-state index contributed by atoms with van der Waals surface area (Å²) in [6.45, 7) is 5.42. The molecule has 2 N–H and O–H groups in total. The lowest BCUT2D eigenvalue weighted by molar-refractivity contribution is 0.591. The van der Waals surface area contributed by atoms with E-state index in [-0.39, 0.29) is 17.5 Å². The molecule has 0 saturated heterocycles. The van der Waals surface area contributed by atoms with Crippen molar-refractivity contribution in [1.82, 2.24) is 0 Å². The predicted molar refractivity (Wildman–Crippen MR) is 88.5 cm³/mol. The van der Waals surface area contributed by atoms with Gasteiger partial charge in [-0.2, -0.15) is 0 Å². The Labute approximate surface area is 128 Å². The van der Waals surface area contributed by atoms with Crippen LogP contribution in [-0.2, 0) is 16.3 Å². The predicted octanol–water partition coefficient (Wildman–Crippen LogP) is 2.28. The van der Waals surface area contributed by atoms with Crippen LogP contribution in [0.3, 0.4) is 0 Å².